The Morgan fingerprint density at radius 2 is 2.07 bits per heavy atom. The lowest BCUT2D eigenvalue weighted by atomic mass is 10.1. The molecule has 1 unspecified atom stereocenters. The third-order valence-corrected chi connectivity index (χ3v) is 5.68. The molecule has 0 aliphatic carbocycles. The maximum absolute atomic E-state index is 6.15. The summed E-state index contributed by atoms with van der Waals surface area (Å²) in [6.07, 6.45) is 0.898. The third kappa shape index (κ3) is 2.91. The second-order valence-corrected chi connectivity index (χ2v) is 7.50. The summed E-state index contributed by atoms with van der Waals surface area (Å²) in [7, 11) is 0. The average molecular weight is 367 g/mol. The molecule has 1 nitrogen and oxygen atoms in total. The van der Waals surface area contributed by atoms with Crippen molar-refractivity contribution < 1.29 is 0 Å². The van der Waals surface area contributed by atoms with Crippen molar-refractivity contribution in [3.05, 3.63) is 41.6 Å². The minimum Gasteiger partial charge on any atom is -0.323 e. The zero-order chi connectivity index (χ0) is 10.8. The predicted octanol–water partition coefficient (Wildman–Crippen LogP) is 4.58. The summed E-state index contributed by atoms with van der Waals surface area (Å²) in [5, 5.41) is 2.06. The van der Waals surface area contributed by atoms with E-state index < -0.39 is 0 Å². The van der Waals surface area contributed by atoms with E-state index >= 15 is 0 Å². The first-order valence-electron chi connectivity index (χ1n) is 4.39. The highest BCUT2D eigenvalue weighted by atomic mass is 79.9. The average Bonchev–Trinajstić information content (AvgIpc) is 2.75. The summed E-state index contributed by atoms with van der Waals surface area (Å²) < 4.78 is 2.28. The standard InChI is InChI=1S/C10H9Br2NS2/c11-7-3-4-14-10(7)8(13)5-6-1-2-9(12)15-6/h1-4,8H,5,13H2. The topological polar surface area (TPSA) is 26.0 Å². The van der Waals surface area contributed by atoms with Crippen molar-refractivity contribution in [3.8, 4) is 0 Å². The minimum atomic E-state index is 0.0879. The first-order chi connectivity index (χ1) is 7.16. The molecule has 0 bridgehead atoms. The van der Waals surface area contributed by atoms with Gasteiger partial charge in [0.1, 0.15) is 0 Å². The molecule has 2 aromatic rings. The molecule has 1 atom stereocenters. The van der Waals surface area contributed by atoms with Crippen LogP contribution in [0.2, 0.25) is 0 Å². The van der Waals surface area contributed by atoms with Crippen molar-refractivity contribution in [2.24, 2.45) is 5.73 Å². The molecule has 2 heterocycles. The summed E-state index contributed by atoms with van der Waals surface area (Å²) in [5.74, 6) is 0. The van der Waals surface area contributed by atoms with Crippen LogP contribution >= 0.6 is 54.5 Å². The van der Waals surface area contributed by atoms with Gasteiger partial charge < -0.3 is 5.73 Å². The van der Waals surface area contributed by atoms with E-state index in [1.807, 2.05) is 6.07 Å². The van der Waals surface area contributed by atoms with Gasteiger partial charge >= 0.3 is 0 Å². The van der Waals surface area contributed by atoms with Gasteiger partial charge in [0.15, 0.2) is 0 Å². The van der Waals surface area contributed by atoms with Gasteiger partial charge in [-0.05, 0) is 55.4 Å². The van der Waals surface area contributed by atoms with Gasteiger partial charge in [0.2, 0.25) is 0 Å². The van der Waals surface area contributed by atoms with Crippen LogP contribution in [0.1, 0.15) is 15.8 Å². The molecule has 80 valence electrons. The molecule has 2 N–H and O–H groups in total. The first-order valence-corrected chi connectivity index (χ1v) is 7.67. The van der Waals surface area contributed by atoms with Gasteiger partial charge in [0.25, 0.3) is 0 Å². The molecule has 2 aromatic heterocycles. The van der Waals surface area contributed by atoms with Crippen LogP contribution < -0.4 is 5.73 Å². The number of nitrogens with two attached hydrogens (primary N) is 1. The number of thiophene rings is 2. The Labute approximate surface area is 114 Å². The van der Waals surface area contributed by atoms with Gasteiger partial charge in [-0.1, -0.05) is 0 Å². The van der Waals surface area contributed by atoms with E-state index in [1.54, 1.807) is 22.7 Å². The van der Waals surface area contributed by atoms with Crippen LogP contribution in [0.3, 0.4) is 0 Å². The van der Waals surface area contributed by atoms with Crippen LogP contribution in [-0.2, 0) is 6.42 Å². The van der Waals surface area contributed by atoms with Gasteiger partial charge in [-0.2, -0.15) is 0 Å². The largest absolute Gasteiger partial charge is 0.323 e. The lowest BCUT2D eigenvalue weighted by Crippen LogP contribution is -2.11. The van der Waals surface area contributed by atoms with Crippen LogP contribution in [0.15, 0.2) is 31.8 Å². The molecule has 0 saturated heterocycles. The van der Waals surface area contributed by atoms with E-state index in [0.29, 0.717) is 0 Å². The van der Waals surface area contributed by atoms with Crippen LogP contribution in [0.4, 0.5) is 0 Å². The number of halogens is 2. The molecular formula is C10H9Br2NS2. The fourth-order valence-corrected chi connectivity index (χ4v) is 4.55. The van der Waals surface area contributed by atoms with Gasteiger partial charge in [0, 0.05) is 26.7 Å². The van der Waals surface area contributed by atoms with Crippen molar-refractivity contribution in [2.45, 2.75) is 12.5 Å². The zero-order valence-corrected chi connectivity index (χ0v) is 12.5. The van der Waals surface area contributed by atoms with Crippen molar-refractivity contribution in [2.75, 3.05) is 0 Å². The van der Waals surface area contributed by atoms with Crippen molar-refractivity contribution >= 4 is 54.5 Å². The molecule has 5 heteroatoms. The molecule has 0 saturated carbocycles. The maximum Gasteiger partial charge on any atom is 0.0701 e. The van der Waals surface area contributed by atoms with Crippen LogP contribution in [0.5, 0.6) is 0 Å². The number of rotatable bonds is 3. The second-order valence-electron chi connectivity index (χ2n) is 3.15. The van der Waals surface area contributed by atoms with E-state index in [9.17, 15) is 0 Å². The quantitative estimate of drug-likeness (QED) is 0.845. The van der Waals surface area contributed by atoms with Crippen LogP contribution in [-0.4, -0.2) is 0 Å². The smallest absolute Gasteiger partial charge is 0.0701 e. The maximum atomic E-state index is 6.15. The second kappa shape index (κ2) is 5.10. The molecule has 0 amide bonds. The van der Waals surface area contributed by atoms with Crippen molar-refractivity contribution in [3.63, 3.8) is 0 Å². The Hall–Kier alpha value is 0.320. The Morgan fingerprint density at radius 1 is 1.27 bits per heavy atom. The Balaban J connectivity index is 2.10. The molecule has 0 aromatic carbocycles. The summed E-state index contributed by atoms with van der Waals surface area (Å²) in [6, 6.07) is 6.32. The van der Waals surface area contributed by atoms with Gasteiger partial charge in [-0.3, -0.25) is 0 Å². The van der Waals surface area contributed by atoms with Gasteiger partial charge in [-0.15, -0.1) is 22.7 Å². The van der Waals surface area contributed by atoms with Gasteiger partial charge in [0.05, 0.1) is 3.79 Å². The van der Waals surface area contributed by atoms with E-state index in [0.717, 1.165) is 14.7 Å². The monoisotopic (exact) mass is 365 g/mol. The minimum absolute atomic E-state index is 0.0879. The lowest BCUT2D eigenvalue weighted by molar-refractivity contribution is 0.742. The molecule has 0 fully saturated rings. The third-order valence-electron chi connectivity index (χ3n) is 2.03. The normalized spacial score (nSPS) is 13.0. The van der Waals surface area contributed by atoms with E-state index in [2.05, 4.69) is 49.4 Å². The molecule has 0 aliphatic heterocycles. The van der Waals surface area contributed by atoms with E-state index in [4.69, 9.17) is 5.73 Å². The summed E-state index contributed by atoms with van der Waals surface area (Å²) in [5.41, 5.74) is 6.15. The molecular weight excluding hydrogens is 358 g/mol. The van der Waals surface area contributed by atoms with Crippen LogP contribution in [0.25, 0.3) is 0 Å². The Morgan fingerprint density at radius 3 is 2.60 bits per heavy atom. The summed E-state index contributed by atoms with van der Waals surface area (Å²) in [4.78, 5) is 2.54. The zero-order valence-electron chi connectivity index (χ0n) is 7.74. The van der Waals surface area contributed by atoms with E-state index in [1.165, 1.54) is 9.75 Å². The fourth-order valence-electron chi connectivity index (χ4n) is 1.34. The number of hydrogen-bond donors (Lipinski definition) is 1. The Kier molecular flexibility index (Phi) is 4.01. The van der Waals surface area contributed by atoms with Crippen molar-refractivity contribution in [1.82, 2.24) is 0 Å². The number of hydrogen-bond acceptors (Lipinski definition) is 3. The van der Waals surface area contributed by atoms with Gasteiger partial charge in [-0.25, -0.2) is 0 Å². The predicted molar refractivity (Wildman–Crippen MR) is 74.7 cm³/mol. The summed E-state index contributed by atoms with van der Waals surface area (Å²) >= 11 is 10.4. The molecule has 0 spiro atoms. The lowest BCUT2D eigenvalue weighted by Gasteiger charge is -2.08. The highest BCUT2D eigenvalue weighted by Crippen LogP contribution is 2.31. The SMILES string of the molecule is NC(Cc1ccc(Br)s1)c1sccc1Br. The first kappa shape index (κ1) is 11.8. The Bertz CT molecular complexity index is 450. The fraction of sp³-hybridized carbons (Fsp3) is 0.200. The summed E-state index contributed by atoms with van der Waals surface area (Å²) in [6.45, 7) is 0. The molecule has 0 radical (unpaired) electrons. The molecule has 15 heavy (non-hydrogen) atoms. The van der Waals surface area contributed by atoms with E-state index in [-0.39, 0.29) is 6.04 Å². The molecule has 0 aliphatic rings. The highest BCUT2D eigenvalue weighted by molar-refractivity contribution is 9.11. The molecule has 2 rings (SSSR count). The van der Waals surface area contributed by atoms with Crippen molar-refractivity contribution in [1.29, 1.82) is 0 Å². The van der Waals surface area contributed by atoms with Crippen LogP contribution in [0, 0.1) is 0 Å². The highest BCUT2D eigenvalue weighted by Gasteiger charge is 2.12.